The fourth-order valence-electron chi connectivity index (χ4n) is 2.43. The van der Waals surface area contributed by atoms with Gasteiger partial charge in [-0.1, -0.05) is 31.6 Å². The third-order valence-electron chi connectivity index (χ3n) is 3.50. The fourth-order valence-corrected chi connectivity index (χ4v) is 2.43. The van der Waals surface area contributed by atoms with Crippen LogP contribution >= 0.6 is 0 Å². The molecule has 0 radical (unpaired) electrons. The van der Waals surface area contributed by atoms with E-state index in [1.165, 1.54) is 5.57 Å². The first-order chi connectivity index (χ1) is 8.77. The van der Waals surface area contributed by atoms with Gasteiger partial charge in [-0.3, -0.25) is 4.79 Å². The molecule has 1 atom stereocenters. The highest BCUT2D eigenvalue weighted by molar-refractivity contribution is 6.03. The lowest BCUT2D eigenvalue weighted by atomic mass is 9.68. The van der Waals surface area contributed by atoms with Crippen molar-refractivity contribution >= 4 is 11.9 Å². The Kier molecular flexibility index (Phi) is 4.49. The zero-order valence-electron chi connectivity index (χ0n) is 11.6. The molecule has 5 heteroatoms. The van der Waals surface area contributed by atoms with Gasteiger partial charge in [0.1, 0.15) is 11.6 Å². The number of allylic oxidation sites excluding steroid dienone is 3. The molecule has 0 saturated heterocycles. The van der Waals surface area contributed by atoms with Crippen molar-refractivity contribution in [1.29, 1.82) is 5.26 Å². The van der Waals surface area contributed by atoms with Gasteiger partial charge in [0.2, 0.25) is 0 Å². The van der Waals surface area contributed by atoms with Crippen LogP contribution < -0.4 is 11.5 Å². The van der Waals surface area contributed by atoms with Gasteiger partial charge in [-0.2, -0.15) is 10.3 Å². The van der Waals surface area contributed by atoms with Crippen LogP contribution in [0.25, 0.3) is 0 Å². The number of carbonyl (C=O) groups excluding carboxylic acids is 1. The molecule has 0 aromatic carbocycles. The summed E-state index contributed by atoms with van der Waals surface area (Å²) in [6.07, 6.45) is 5.86. The van der Waals surface area contributed by atoms with Gasteiger partial charge in [-0.15, -0.1) is 0 Å². The van der Waals surface area contributed by atoms with Gasteiger partial charge in [-0.05, 0) is 25.2 Å². The number of hydrogen-bond acceptors (Lipinski definition) is 2. The molecule has 4 N–H and O–H groups in total. The van der Waals surface area contributed by atoms with E-state index >= 15 is 0 Å². The van der Waals surface area contributed by atoms with Crippen molar-refractivity contribution in [3.05, 3.63) is 23.3 Å². The molecule has 0 heterocycles. The molecule has 0 aromatic heterocycles. The topological polar surface area (TPSA) is 105 Å². The molecule has 0 aromatic rings. The zero-order valence-corrected chi connectivity index (χ0v) is 11.6. The number of nitrogens with two attached hydrogens (primary N) is 2. The lowest BCUT2D eigenvalue weighted by Crippen LogP contribution is -2.27. The molecule has 1 amide bonds. The Hall–Kier alpha value is -2.09. The number of rotatable bonds is 2. The van der Waals surface area contributed by atoms with E-state index < -0.39 is 5.91 Å². The molecular weight excluding hydrogens is 240 g/mol. The SMILES string of the molecule is CC1=CCCC(C)(C)C1C=C(C#N)C(=O)N=C(N)N. The second-order valence-electron chi connectivity index (χ2n) is 5.49. The van der Waals surface area contributed by atoms with Crippen molar-refractivity contribution in [3.8, 4) is 6.07 Å². The minimum atomic E-state index is -0.684. The Morgan fingerprint density at radius 1 is 1.58 bits per heavy atom. The molecule has 1 rings (SSSR count). The van der Waals surface area contributed by atoms with Crippen molar-refractivity contribution in [1.82, 2.24) is 0 Å². The number of guanidine groups is 1. The lowest BCUT2D eigenvalue weighted by molar-refractivity contribution is -0.114. The summed E-state index contributed by atoms with van der Waals surface area (Å²) in [6.45, 7) is 6.28. The molecule has 0 spiro atoms. The van der Waals surface area contributed by atoms with Crippen LogP contribution in [-0.4, -0.2) is 11.9 Å². The van der Waals surface area contributed by atoms with Crippen LogP contribution in [0.5, 0.6) is 0 Å². The molecule has 5 nitrogen and oxygen atoms in total. The first-order valence-electron chi connectivity index (χ1n) is 6.20. The van der Waals surface area contributed by atoms with Gasteiger partial charge in [0.25, 0.3) is 5.91 Å². The van der Waals surface area contributed by atoms with Crippen molar-refractivity contribution in [2.24, 2.45) is 27.8 Å². The number of hydrogen-bond donors (Lipinski definition) is 2. The summed E-state index contributed by atoms with van der Waals surface area (Å²) in [7, 11) is 0. The first kappa shape index (κ1) is 15.0. The second kappa shape index (κ2) is 5.70. The fraction of sp³-hybridized carbons (Fsp3) is 0.500. The summed E-state index contributed by atoms with van der Waals surface area (Å²) in [5.74, 6) is -0.966. The van der Waals surface area contributed by atoms with Gasteiger partial charge in [-0.25, -0.2) is 0 Å². The highest BCUT2D eigenvalue weighted by atomic mass is 16.1. The first-order valence-corrected chi connectivity index (χ1v) is 6.20. The van der Waals surface area contributed by atoms with Crippen LogP contribution in [0.15, 0.2) is 28.3 Å². The Morgan fingerprint density at radius 2 is 2.21 bits per heavy atom. The monoisotopic (exact) mass is 260 g/mol. The van der Waals surface area contributed by atoms with Crippen LogP contribution in [0.4, 0.5) is 0 Å². The highest BCUT2D eigenvalue weighted by Gasteiger charge is 2.32. The van der Waals surface area contributed by atoms with E-state index in [0.717, 1.165) is 12.8 Å². The molecular formula is C14H20N4O. The smallest absolute Gasteiger partial charge is 0.290 e. The average Bonchev–Trinajstić information content (AvgIpc) is 2.26. The summed E-state index contributed by atoms with van der Waals surface area (Å²) in [4.78, 5) is 15.1. The molecule has 0 bridgehead atoms. The maximum atomic E-state index is 11.7. The Bertz CT molecular complexity index is 502. The average molecular weight is 260 g/mol. The van der Waals surface area contributed by atoms with E-state index in [-0.39, 0.29) is 22.9 Å². The molecule has 1 unspecified atom stereocenters. The maximum Gasteiger partial charge on any atom is 0.290 e. The Labute approximate surface area is 113 Å². The molecule has 1 aliphatic carbocycles. The number of aliphatic imine (C=N–C) groups is 1. The minimum Gasteiger partial charge on any atom is -0.370 e. The van der Waals surface area contributed by atoms with Crippen LogP contribution in [-0.2, 0) is 4.79 Å². The number of amides is 1. The largest absolute Gasteiger partial charge is 0.370 e. The number of carbonyl (C=O) groups is 1. The van der Waals surface area contributed by atoms with Gasteiger partial charge >= 0.3 is 0 Å². The molecule has 1 aliphatic rings. The predicted octanol–water partition coefficient (Wildman–Crippen LogP) is 1.62. The van der Waals surface area contributed by atoms with Gasteiger partial charge in [0.15, 0.2) is 5.96 Å². The molecule has 0 aliphatic heterocycles. The second-order valence-corrected chi connectivity index (χ2v) is 5.49. The van der Waals surface area contributed by atoms with Crippen LogP contribution in [0.1, 0.15) is 33.6 Å². The van der Waals surface area contributed by atoms with E-state index in [1.807, 2.05) is 13.0 Å². The number of nitriles is 1. The van der Waals surface area contributed by atoms with Crippen molar-refractivity contribution in [2.75, 3.05) is 0 Å². The standard InChI is InChI=1S/C14H20N4O/c1-9-5-4-6-14(2,3)11(9)7-10(8-15)12(19)18-13(16)17/h5,7,11H,4,6H2,1-3H3,(H4,16,17,18,19). The Morgan fingerprint density at radius 3 is 2.68 bits per heavy atom. The minimum absolute atomic E-state index is 0.0128. The third kappa shape index (κ3) is 3.68. The summed E-state index contributed by atoms with van der Waals surface area (Å²) in [5, 5.41) is 9.09. The van der Waals surface area contributed by atoms with E-state index in [0.29, 0.717) is 0 Å². The summed E-state index contributed by atoms with van der Waals surface area (Å²) < 4.78 is 0. The van der Waals surface area contributed by atoms with E-state index in [2.05, 4.69) is 24.9 Å². The lowest BCUT2D eigenvalue weighted by Gasteiger charge is -2.36. The Balaban J connectivity index is 3.14. The van der Waals surface area contributed by atoms with E-state index in [4.69, 9.17) is 16.7 Å². The maximum absolute atomic E-state index is 11.7. The van der Waals surface area contributed by atoms with Gasteiger partial charge in [0, 0.05) is 5.92 Å². The third-order valence-corrected chi connectivity index (χ3v) is 3.50. The zero-order chi connectivity index (χ0) is 14.6. The predicted molar refractivity (Wildman–Crippen MR) is 74.8 cm³/mol. The quantitative estimate of drug-likeness (QED) is 0.259. The van der Waals surface area contributed by atoms with Crippen LogP contribution in [0.2, 0.25) is 0 Å². The summed E-state index contributed by atoms with van der Waals surface area (Å²) in [6, 6.07) is 1.88. The van der Waals surface area contributed by atoms with Crippen LogP contribution in [0, 0.1) is 22.7 Å². The summed E-state index contributed by atoms with van der Waals surface area (Å²) >= 11 is 0. The van der Waals surface area contributed by atoms with Gasteiger partial charge < -0.3 is 11.5 Å². The van der Waals surface area contributed by atoms with Crippen molar-refractivity contribution in [3.63, 3.8) is 0 Å². The summed E-state index contributed by atoms with van der Waals surface area (Å²) in [5.41, 5.74) is 11.5. The van der Waals surface area contributed by atoms with Crippen molar-refractivity contribution in [2.45, 2.75) is 33.6 Å². The highest BCUT2D eigenvalue weighted by Crippen LogP contribution is 2.42. The van der Waals surface area contributed by atoms with Gasteiger partial charge in [0.05, 0.1) is 0 Å². The van der Waals surface area contributed by atoms with Crippen molar-refractivity contribution < 1.29 is 4.79 Å². The normalized spacial score (nSPS) is 22.1. The number of nitrogens with zero attached hydrogens (tertiary/aromatic N) is 2. The van der Waals surface area contributed by atoms with E-state index in [1.54, 1.807) is 6.08 Å². The molecule has 102 valence electrons. The molecule has 0 fully saturated rings. The molecule has 0 saturated carbocycles. The van der Waals surface area contributed by atoms with Crippen LogP contribution in [0.3, 0.4) is 0 Å². The van der Waals surface area contributed by atoms with E-state index in [9.17, 15) is 4.79 Å². The molecule has 19 heavy (non-hydrogen) atoms.